The molecule has 1 N–H and O–H groups in total. The van der Waals surface area contributed by atoms with Crippen LogP contribution >= 0.6 is 11.6 Å². The van der Waals surface area contributed by atoms with Gasteiger partial charge in [-0.25, -0.2) is 8.42 Å². The number of halogens is 1. The molecule has 4 rings (SSSR count). The van der Waals surface area contributed by atoms with Gasteiger partial charge in [0.2, 0.25) is 11.8 Å². The van der Waals surface area contributed by atoms with Crippen molar-refractivity contribution in [2.24, 2.45) is 0 Å². The lowest BCUT2D eigenvalue weighted by atomic mass is 10.0. The van der Waals surface area contributed by atoms with E-state index in [9.17, 15) is 18.0 Å². The predicted octanol–water partition coefficient (Wildman–Crippen LogP) is 6.01. The molecule has 0 aromatic heterocycles. The van der Waals surface area contributed by atoms with E-state index in [2.05, 4.69) is 5.32 Å². The lowest BCUT2D eigenvalue weighted by Gasteiger charge is -2.34. The standard InChI is InChI=1S/C34H36ClN3O4S/c1-3-22-36-34(40)32(23-27-13-6-4-7-14-27)37(24-28-15-11-10-12-26(28)2)33(39)25-38(30-16-8-5-9-17-30)43(41,42)31-20-18-29(35)19-21-31/h4-21,32H,3,22-25H2,1-2H3,(H,36,40)/t32-/m0/s1. The summed E-state index contributed by atoms with van der Waals surface area (Å²) in [6.07, 6.45) is 1.000. The molecule has 0 aliphatic carbocycles. The highest BCUT2D eigenvalue weighted by molar-refractivity contribution is 7.92. The van der Waals surface area contributed by atoms with E-state index >= 15 is 0 Å². The van der Waals surface area contributed by atoms with E-state index in [0.717, 1.165) is 27.4 Å². The number of para-hydroxylation sites is 1. The van der Waals surface area contributed by atoms with E-state index in [1.54, 1.807) is 30.3 Å². The number of benzene rings is 4. The fraction of sp³-hybridized carbons (Fsp3) is 0.235. The second-order valence-corrected chi connectivity index (χ2v) is 12.5. The van der Waals surface area contributed by atoms with Crippen molar-refractivity contribution in [1.82, 2.24) is 10.2 Å². The molecule has 43 heavy (non-hydrogen) atoms. The van der Waals surface area contributed by atoms with E-state index in [0.29, 0.717) is 17.3 Å². The summed E-state index contributed by atoms with van der Waals surface area (Å²) in [6, 6.07) is 30.6. The SMILES string of the molecule is CCCNC(=O)[C@H](Cc1ccccc1)N(Cc1ccccc1C)C(=O)CN(c1ccccc1)S(=O)(=O)c1ccc(Cl)cc1. The molecule has 7 nitrogen and oxygen atoms in total. The lowest BCUT2D eigenvalue weighted by molar-refractivity contribution is -0.140. The van der Waals surface area contributed by atoms with Gasteiger partial charge in [0.05, 0.1) is 10.6 Å². The Hall–Kier alpha value is -4.14. The maximum Gasteiger partial charge on any atom is 0.264 e. The van der Waals surface area contributed by atoms with Crippen molar-refractivity contribution in [3.8, 4) is 0 Å². The first-order valence-corrected chi connectivity index (χ1v) is 16.0. The molecule has 224 valence electrons. The molecule has 0 aliphatic rings. The minimum absolute atomic E-state index is 0.000492. The smallest absolute Gasteiger partial charge is 0.264 e. The van der Waals surface area contributed by atoms with Gasteiger partial charge in [-0.15, -0.1) is 0 Å². The molecule has 0 unspecified atom stereocenters. The van der Waals surface area contributed by atoms with Crippen LogP contribution < -0.4 is 9.62 Å². The third-order valence-corrected chi connectivity index (χ3v) is 9.19. The molecule has 0 bridgehead atoms. The van der Waals surface area contributed by atoms with Crippen molar-refractivity contribution < 1.29 is 18.0 Å². The van der Waals surface area contributed by atoms with Crippen molar-refractivity contribution in [1.29, 1.82) is 0 Å². The average molecular weight is 618 g/mol. The summed E-state index contributed by atoms with van der Waals surface area (Å²) in [6.45, 7) is 3.99. The summed E-state index contributed by atoms with van der Waals surface area (Å²) in [5.74, 6) is -0.795. The van der Waals surface area contributed by atoms with Crippen LogP contribution in [-0.4, -0.2) is 44.3 Å². The van der Waals surface area contributed by atoms with Crippen molar-refractivity contribution in [2.45, 2.75) is 44.2 Å². The van der Waals surface area contributed by atoms with Crippen molar-refractivity contribution in [3.05, 3.63) is 131 Å². The van der Waals surface area contributed by atoms with E-state index in [4.69, 9.17) is 11.6 Å². The number of aryl methyl sites for hydroxylation is 1. The Bertz CT molecular complexity index is 1610. The monoisotopic (exact) mass is 617 g/mol. The molecule has 4 aromatic carbocycles. The van der Waals surface area contributed by atoms with Crippen LogP contribution in [0.1, 0.15) is 30.0 Å². The molecule has 0 saturated carbocycles. The fourth-order valence-corrected chi connectivity index (χ4v) is 6.29. The second kappa shape index (κ2) is 14.8. The number of amides is 2. The van der Waals surface area contributed by atoms with Gasteiger partial charge >= 0.3 is 0 Å². The van der Waals surface area contributed by atoms with Gasteiger partial charge in [0.15, 0.2) is 0 Å². The molecular formula is C34H36ClN3O4S. The molecule has 0 aliphatic heterocycles. The van der Waals surface area contributed by atoms with Crippen LogP contribution in [0, 0.1) is 6.92 Å². The zero-order chi connectivity index (χ0) is 30.8. The third-order valence-electron chi connectivity index (χ3n) is 7.15. The predicted molar refractivity (Wildman–Crippen MR) is 171 cm³/mol. The Morgan fingerprint density at radius 1 is 0.837 bits per heavy atom. The zero-order valence-electron chi connectivity index (χ0n) is 24.3. The van der Waals surface area contributed by atoms with Crippen molar-refractivity contribution >= 4 is 39.1 Å². The number of carbonyl (C=O) groups is 2. The number of hydrogen-bond donors (Lipinski definition) is 1. The summed E-state index contributed by atoms with van der Waals surface area (Å²) < 4.78 is 29.1. The normalized spacial score (nSPS) is 11.9. The van der Waals surface area contributed by atoms with Gasteiger partial charge < -0.3 is 10.2 Å². The maximum atomic E-state index is 14.4. The summed E-state index contributed by atoms with van der Waals surface area (Å²) >= 11 is 6.03. The van der Waals surface area contributed by atoms with E-state index < -0.39 is 28.5 Å². The number of sulfonamides is 1. The Balaban J connectivity index is 1.78. The highest BCUT2D eigenvalue weighted by atomic mass is 35.5. The fourth-order valence-electron chi connectivity index (χ4n) is 4.75. The van der Waals surface area contributed by atoms with Crippen LogP contribution in [0.15, 0.2) is 114 Å². The molecule has 4 aromatic rings. The first-order chi connectivity index (χ1) is 20.7. The van der Waals surface area contributed by atoms with Gasteiger partial charge in [0.25, 0.3) is 10.0 Å². The number of anilines is 1. The summed E-state index contributed by atoms with van der Waals surface area (Å²) in [5.41, 5.74) is 3.04. The summed E-state index contributed by atoms with van der Waals surface area (Å²) in [7, 11) is -4.17. The van der Waals surface area contributed by atoms with Gasteiger partial charge in [-0.05, 0) is 66.4 Å². The summed E-state index contributed by atoms with van der Waals surface area (Å²) in [5, 5.41) is 3.35. The Morgan fingerprint density at radius 2 is 1.44 bits per heavy atom. The van der Waals surface area contributed by atoms with E-state index in [1.165, 1.54) is 29.2 Å². The molecular weight excluding hydrogens is 582 g/mol. The van der Waals surface area contributed by atoms with Crippen molar-refractivity contribution in [2.75, 3.05) is 17.4 Å². The second-order valence-electron chi connectivity index (χ2n) is 10.2. The molecule has 0 fully saturated rings. The van der Waals surface area contributed by atoms with Crippen molar-refractivity contribution in [3.63, 3.8) is 0 Å². The van der Waals surface area contributed by atoms with Crippen LogP contribution in [0.4, 0.5) is 5.69 Å². The quantitative estimate of drug-likeness (QED) is 0.199. The van der Waals surface area contributed by atoms with Crippen LogP contribution in [-0.2, 0) is 32.6 Å². The molecule has 1 atom stereocenters. The van der Waals surface area contributed by atoms with Crippen LogP contribution in [0.2, 0.25) is 5.02 Å². The van der Waals surface area contributed by atoms with Gasteiger partial charge in [0, 0.05) is 24.5 Å². The number of nitrogens with zero attached hydrogens (tertiary/aromatic N) is 2. The van der Waals surface area contributed by atoms with Crippen LogP contribution in [0.3, 0.4) is 0 Å². The largest absolute Gasteiger partial charge is 0.354 e. The zero-order valence-corrected chi connectivity index (χ0v) is 25.9. The van der Waals surface area contributed by atoms with Crippen LogP contribution in [0.25, 0.3) is 0 Å². The highest BCUT2D eigenvalue weighted by Gasteiger charge is 2.34. The lowest BCUT2D eigenvalue weighted by Crippen LogP contribution is -2.53. The van der Waals surface area contributed by atoms with Gasteiger partial charge in [-0.3, -0.25) is 13.9 Å². The Morgan fingerprint density at radius 3 is 2.07 bits per heavy atom. The minimum Gasteiger partial charge on any atom is -0.354 e. The number of rotatable bonds is 13. The Kier molecular flexibility index (Phi) is 11.0. The van der Waals surface area contributed by atoms with Gasteiger partial charge in [-0.2, -0.15) is 0 Å². The highest BCUT2D eigenvalue weighted by Crippen LogP contribution is 2.26. The molecule has 0 spiro atoms. The maximum absolute atomic E-state index is 14.4. The molecule has 9 heteroatoms. The number of nitrogens with one attached hydrogen (secondary N) is 1. The van der Waals surface area contributed by atoms with Gasteiger partial charge in [0.1, 0.15) is 12.6 Å². The molecule has 0 saturated heterocycles. The number of hydrogen-bond acceptors (Lipinski definition) is 4. The first-order valence-electron chi connectivity index (χ1n) is 14.2. The van der Waals surface area contributed by atoms with Gasteiger partial charge in [-0.1, -0.05) is 91.3 Å². The third kappa shape index (κ3) is 8.24. The Labute approximate surface area is 259 Å². The minimum atomic E-state index is -4.17. The topological polar surface area (TPSA) is 86.8 Å². The van der Waals surface area contributed by atoms with Crippen LogP contribution in [0.5, 0.6) is 0 Å². The van der Waals surface area contributed by atoms with E-state index in [1.807, 2.05) is 68.4 Å². The molecule has 0 radical (unpaired) electrons. The molecule has 2 amide bonds. The average Bonchev–Trinajstić information content (AvgIpc) is 3.02. The molecule has 0 heterocycles. The van der Waals surface area contributed by atoms with E-state index in [-0.39, 0.29) is 23.8 Å². The number of carbonyl (C=O) groups excluding carboxylic acids is 2. The first kappa shape index (κ1) is 31.8. The summed E-state index contributed by atoms with van der Waals surface area (Å²) in [4.78, 5) is 29.6.